The van der Waals surface area contributed by atoms with Crippen LogP contribution in [0, 0.1) is 6.92 Å². The standard InChI is InChI=1S/C16H17N7O3/c1-9(2)14-13(10(3)20-26-14)16(25)19-18-15(24)11-4-6-12(7-5-11)23-8-17-21-22-23/h4-9H,1-3H3,(H,18,24)(H,19,25). The molecule has 0 saturated heterocycles. The molecule has 0 spiro atoms. The van der Waals surface area contributed by atoms with Crippen LogP contribution in [0.1, 0.15) is 51.9 Å². The molecule has 0 unspecified atom stereocenters. The second-order valence-electron chi connectivity index (χ2n) is 5.87. The normalized spacial score (nSPS) is 10.8. The Morgan fingerprint density at radius 3 is 2.42 bits per heavy atom. The number of carbonyl (C=O) groups excluding carboxylic acids is 2. The molecule has 3 rings (SSSR count). The van der Waals surface area contributed by atoms with Crippen molar-refractivity contribution in [2.75, 3.05) is 0 Å². The minimum atomic E-state index is -0.480. The Balaban J connectivity index is 1.65. The van der Waals surface area contributed by atoms with Gasteiger partial charge in [-0.25, -0.2) is 4.68 Å². The number of rotatable bonds is 4. The third-order valence-corrected chi connectivity index (χ3v) is 3.67. The van der Waals surface area contributed by atoms with Crippen molar-refractivity contribution < 1.29 is 14.1 Å². The van der Waals surface area contributed by atoms with E-state index in [0.29, 0.717) is 28.3 Å². The van der Waals surface area contributed by atoms with E-state index in [-0.39, 0.29) is 5.92 Å². The number of nitrogens with zero attached hydrogens (tertiary/aromatic N) is 5. The van der Waals surface area contributed by atoms with Gasteiger partial charge in [-0.1, -0.05) is 19.0 Å². The summed E-state index contributed by atoms with van der Waals surface area (Å²) in [5.74, 6) is -0.473. The van der Waals surface area contributed by atoms with Crippen LogP contribution in [0.15, 0.2) is 35.1 Å². The van der Waals surface area contributed by atoms with Gasteiger partial charge in [-0.3, -0.25) is 20.4 Å². The molecule has 0 aliphatic carbocycles. The molecule has 1 aromatic carbocycles. The van der Waals surface area contributed by atoms with Gasteiger partial charge in [0.2, 0.25) is 0 Å². The van der Waals surface area contributed by atoms with E-state index in [2.05, 4.69) is 31.5 Å². The van der Waals surface area contributed by atoms with E-state index in [4.69, 9.17) is 4.52 Å². The minimum Gasteiger partial charge on any atom is -0.360 e. The summed E-state index contributed by atoms with van der Waals surface area (Å²) in [6, 6.07) is 6.58. The molecule has 0 fully saturated rings. The second kappa shape index (κ2) is 7.13. The number of benzene rings is 1. The number of hydrogen-bond donors (Lipinski definition) is 2. The molecule has 2 amide bonds. The number of hydrogen-bond acceptors (Lipinski definition) is 7. The van der Waals surface area contributed by atoms with Crippen LogP contribution in [0.25, 0.3) is 5.69 Å². The van der Waals surface area contributed by atoms with Crippen LogP contribution < -0.4 is 10.9 Å². The Kier molecular flexibility index (Phi) is 4.74. The number of hydrazine groups is 1. The van der Waals surface area contributed by atoms with Gasteiger partial charge in [-0.2, -0.15) is 0 Å². The Morgan fingerprint density at radius 2 is 1.81 bits per heavy atom. The van der Waals surface area contributed by atoms with E-state index in [1.54, 1.807) is 31.2 Å². The van der Waals surface area contributed by atoms with Gasteiger partial charge in [-0.15, -0.1) is 5.10 Å². The number of aryl methyl sites for hydroxylation is 1. The molecule has 2 N–H and O–H groups in total. The van der Waals surface area contributed by atoms with Crippen molar-refractivity contribution in [3.05, 3.63) is 53.2 Å². The lowest BCUT2D eigenvalue weighted by Crippen LogP contribution is -2.42. The smallest absolute Gasteiger partial charge is 0.275 e. The Bertz CT molecular complexity index is 914. The number of nitrogens with one attached hydrogen (secondary N) is 2. The molecule has 0 saturated carbocycles. The van der Waals surface area contributed by atoms with Crippen LogP contribution in [0.4, 0.5) is 0 Å². The lowest BCUT2D eigenvalue weighted by atomic mass is 10.0. The third-order valence-electron chi connectivity index (χ3n) is 3.67. The average Bonchev–Trinajstić information content (AvgIpc) is 3.29. The Labute approximate surface area is 148 Å². The van der Waals surface area contributed by atoms with Crippen molar-refractivity contribution >= 4 is 11.8 Å². The van der Waals surface area contributed by atoms with Crippen LogP contribution in [-0.2, 0) is 0 Å². The molecule has 10 nitrogen and oxygen atoms in total. The van der Waals surface area contributed by atoms with Gasteiger partial charge < -0.3 is 4.52 Å². The van der Waals surface area contributed by atoms with Gasteiger partial charge in [-0.05, 0) is 41.6 Å². The van der Waals surface area contributed by atoms with Crippen molar-refractivity contribution in [2.24, 2.45) is 0 Å². The summed E-state index contributed by atoms with van der Waals surface area (Å²) in [5.41, 5.74) is 6.63. The number of amides is 2. The predicted molar refractivity (Wildman–Crippen MR) is 89.4 cm³/mol. The first-order valence-corrected chi connectivity index (χ1v) is 7.87. The van der Waals surface area contributed by atoms with Crippen LogP contribution in [0.3, 0.4) is 0 Å². The first-order valence-electron chi connectivity index (χ1n) is 7.87. The lowest BCUT2D eigenvalue weighted by Gasteiger charge is -2.09. The monoisotopic (exact) mass is 355 g/mol. The highest BCUT2D eigenvalue weighted by Gasteiger charge is 2.23. The number of carbonyl (C=O) groups is 2. The fourth-order valence-corrected chi connectivity index (χ4v) is 2.35. The zero-order valence-corrected chi connectivity index (χ0v) is 14.4. The molecule has 26 heavy (non-hydrogen) atoms. The van der Waals surface area contributed by atoms with Crippen molar-refractivity contribution in [3.63, 3.8) is 0 Å². The van der Waals surface area contributed by atoms with E-state index in [1.165, 1.54) is 11.0 Å². The largest absolute Gasteiger partial charge is 0.360 e. The van der Waals surface area contributed by atoms with Crippen molar-refractivity contribution in [2.45, 2.75) is 26.7 Å². The summed E-state index contributed by atoms with van der Waals surface area (Å²) in [6.07, 6.45) is 1.45. The molecule has 0 bridgehead atoms. The van der Waals surface area contributed by atoms with Gasteiger partial charge in [0.05, 0.1) is 11.4 Å². The maximum atomic E-state index is 12.3. The Hall–Kier alpha value is -3.56. The summed E-state index contributed by atoms with van der Waals surface area (Å²) >= 11 is 0. The molecule has 0 atom stereocenters. The number of aromatic nitrogens is 5. The van der Waals surface area contributed by atoms with Gasteiger partial charge in [0.25, 0.3) is 11.8 Å². The van der Waals surface area contributed by atoms with E-state index in [1.807, 2.05) is 13.8 Å². The van der Waals surface area contributed by atoms with Crippen molar-refractivity contribution in [3.8, 4) is 5.69 Å². The van der Waals surface area contributed by atoms with Crippen molar-refractivity contribution in [1.82, 2.24) is 36.2 Å². The second-order valence-corrected chi connectivity index (χ2v) is 5.87. The molecule has 3 aromatic rings. The lowest BCUT2D eigenvalue weighted by molar-refractivity contribution is 0.0845. The van der Waals surface area contributed by atoms with E-state index >= 15 is 0 Å². The summed E-state index contributed by atoms with van der Waals surface area (Å²) in [4.78, 5) is 24.6. The highest BCUT2D eigenvalue weighted by molar-refractivity contribution is 6.00. The highest BCUT2D eigenvalue weighted by Crippen LogP contribution is 2.21. The summed E-state index contributed by atoms with van der Waals surface area (Å²) in [5, 5.41) is 14.7. The minimum absolute atomic E-state index is 0.00790. The molecule has 0 aliphatic rings. The third kappa shape index (κ3) is 3.43. The molecule has 2 heterocycles. The van der Waals surface area contributed by atoms with Crippen LogP contribution in [0.2, 0.25) is 0 Å². The van der Waals surface area contributed by atoms with E-state index < -0.39 is 11.8 Å². The molecule has 0 radical (unpaired) electrons. The highest BCUT2D eigenvalue weighted by atomic mass is 16.5. The van der Waals surface area contributed by atoms with Gasteiger partial charge in [0, 0.05) is 11.5 Å². The van der Waals surface area contributed by atoms with Crippen LogP contribution in [0.5, 0.6) is 0 Å². The maximum absolute atomic E-state index is 12.3. The van der Waals surface area contributed by atoms with Crippen LogP contribution in [-0.4, -0.2) is 37.2 Å². The van der Waals surface area contributed by atoms with Gasteiger partial charge in [0.1, 0.15) is 11.9 Å². The topological polar surface area (TPSA) is 128 Å². The van der Waals surface area contributed by atoms with Crippen molar-refractivity contribution in [1.29, 1.82) is 0 Å². The SMILES string of the molecule is Cc1noc(C(C)C)c1C(=O)NNC(=O)c1ccc(-n2cnnn2)cc1. The Morgan fingerprint density at radius 1 is 1.12 bits per heavy atom. The van der Waals surface area contributed by atoms with Gasteiger partial charge in [0.15, 0.2) is 5.76 Å². The molecule has 134 valence electrons. The molecular formula is C16H17N7O3. The van der Waals surface area contributed by atoms with E-state index in [0.717, 1.165) is 0 Å². The van der Waals surface area contributed by atoms with Crippen LogP contribution >= 0.6 is 0 Å². The fourth-order valence-electron chi connectivity index (χ4n) is 2.35. The maximum Gasteiger partial charge on any atom is 0.275 e. The zero-order chi connectivity index (χ0) is 18.7. The predicted octanol–water partition coefficient (Wildman–Crippen LogP) is 1.16. The summed E-state index contributed by atoms with van der Waals surface area (Å²) < 4.78 is 6.64. The molecule has 0 aliphatic heterocycles. The average molecular weight is 355 g/mol. The summed E-state index contributed by atoms with van der Waals surface area (Å²) in [7, 11) is 0. The fraction of sp³-hybridized carbons (Fsp3) is 0.250. The summed E-state index contributed by atoms with van der Waals surface area (Å²) in [6.45, 7) is 5.45. The zero-order valence-electron chi connectivity index (χ0n) is 14.4. The number of tetrazole rings is 1. The molecule has 2 aromatic heterocycles. The molecule has 10 heteroatoms. The van der Waals surface area contributed by atoms with Gasteiger partial charge >= 0.3 is 0 Å². The molecular weight excluding hydrogens is 338 g/mol. The first-order chi connectivity index (χ1) is 12.5. The first kappa shape index (κ1) is 17.3. The van der Waals surface area contributed by atoms with E-state index in [9.17, 15) is 9.59 Å². The quantitative estimate of drug-likeness (QED) is 0.672.